The predicted octanol–water partition coefficient (Wildman–Crippen LogP) is 17.1. The smallest absolute Gasteiger partial charge is 0.135 e. The molecule has 64 heavy (non-hydrogen) atoms. The van der Waals surface area contributed by atoms with Crippen molar-refractivity contribution < 1.29 is 4.42 Å². The van der Waals surface area contributed by atoms with Gasteiger partial charge >= 0.3 is 0 Å². The molecule has 0 N–H and O–H groups in total. The molecule has 0 saturated carbocycles. The zero-order valence-electron chi connectivity index (χ0n) is 34.8. The van der Waals surface area contributed by atoms with Gasteiger partial charge in [-0.05, 0) is 116 Å². The van der Waals surface area contributed by atoms with E-state index in [4.69, 9.17) is 4.42 Å². The number of fused-ring (bicyclic) bond motifs is 9. The van der Waals surface area contributed by atoms with E-state index in [1.165, 1.54) is 64.7 Å². The average molecular weight is 834 g/mol. The van der Waals surface area contributed by atoms with Gasteiger partial charge in [-0.15, -0.1) is 11.3 Å². The first-order valence-corrected chi connectivity index (χ1v) is 22.7. The quantitative estimate of drug-likeness (QED) is 0.159. The predicted molar refractivity (Wildman–Crippen MR) is 269 cm³/mol. The molecular weight excluding hydrogens is 795 g/mol. The molecule has 300 valence electrons. The monoisotopic (exact) mass is 833 g/mol. The third-order valence-electron chi connectivity index (χ3n) is 13.4. The van der Waals surface area contributed by atoms with E-state index in [9.17, 15) is 0 Å². The molecule has 10 aromatic carbocycles. The van der Waals surface area contributed by atoms with E-state index in [2.05, 4.69) is 229 Å². The number of anilines is 3. The molecule has 0 aliphatic heterocycles. The zero-order valence-corrected chi connectivity index (χ0v) is 35.6. The van der Waals surface area contributed by atoms with Crippen LogP contribution < -0.4 is 4.90 Å². The molecule has 12 aromatic rings. The summed E-state index contributed by atoms with van der Waals surface area (Å²) in [7, 11) is 0. The molecule has 0 spiro atoms. The number of nitrogens with zero attached hydrogens (tertiary/aromatic N) is 1. The fraction of sp³-hybridized carbons (Fsp3) is 0.0164. The van der Waals surface area contributed by atoms with Gasteiger partial charge in [0.25, 0.3) is 0 Å². The maximum absolute atomic E-state index is 6.18. The van der Waals surface area contributed by atoms with E-state index in [0.717, 1.165) is 50.1 Å². The minimum absolute atomic E-state index is 0.511. The molecule has 0 bridgehead atoms. The lowest BCUT2D eigenvalue weighted by molar-refractivity contribution is 0.669. The van der Waals surface area contributed by atoms with Gasteiger partial charge < -0.3 is 9.32 Å². The summed E-state index contributed by atoms with van der Waals surface area (Å²) in [6, 6.07) is 86.6. The van der Waals surface area contributed by atoms with Gasteiger partial charge in [0.1, 0.15) is 11.2 Å². The van der Waals surface area contributed by atoms with Crippen molar-refractivity contribution in [1.82, 2.24) is 0 Å². The highest BCUT2D eigenvalue weighted by atomic mass is 32.1. The summed E-state index contributed by atoms with van der Waals surface area (Å²) in [6.45, 7) is 0. The van der Waals surface area contributed by atoms with Gasteiger partial charge in [0.15, 0.2) is 0 Å². The second-order valence-electron chi connectivity index (χ2n) is 16.8. The first kappa shape index (κ1) is 36.7. The molecule has 2 aromatic heterocycles. The Morgan fingerprint density at radius 1 is 0.344 bits per heavy atom. The Labute approximate surface area is 375 Å². The molecule has 3 heteroatoms. The van der Waals surface area contributed by atoms with Crippen molar-refractivity contribution in [3.05, 3.63) is 259 Å². The standard InChI is InChI=1S/C61H39NOS/c1-3-14-43(15-4-1)61(44-16-5-2-6-17-44)55-23-10-7-18-49(55)50-36-35-47(39-56(50)61)62(45-31-26-40(27-32-45)42-30-37-58-54(38-42)51-19-8-11-24-57(51)63-58)46-33-28-41(29-34-46)48-21-13-22-53-52-20-9-12-25-59(52)64-60(48)53/h1-39H. The molecule has 1 aliphatic rings. The Kier molecular flexibility index (Phi) is 8.34. The molecule has 2 nitrogen and oxygen atoms in total. The SMILES string of the molecule is c1ccc(C2(c3ccccc3)c3ccccc3-c3ccc(N(c4ccc(-c5ccc6oc7ccccc7c6c5)cc4)c4ccc(-c5cccc6c5sc5ccccc56)cc4)cc32)cc1. The Bertz CT molecular complexity index is 3670. The summed E-state index contributed by atoms with van der Waals surface area (Å²) in [6.07, 6.45) is 0. The van der Waals surface area contributed by atoms with Crippen LogP contribution in [-0.4, -0.2) is 0 Å². The zero-order chi connectivity index (χ0) is 42.2. The van der Waals surface area contributed by atoms with Crippen LogP contribution in [0, 0.1) is 0 Å². The maximum Gasteiger partial charge on any atom is 0.135 e. The van der Waals surface area contributed by atoms with E-state index >= 15 is 0 Å². The Morgan fingerprint density at radius 2 is 0.906 bits per heavy atom. The normalized spacial score (nSPS) is 12.8. The molecule has 0 atom stereocenters. The van der Waals surface area contributed by atoms with Crippen molar-refractivity contribution in [2.75, 3.05) is 4.90 Å². The van der Waals surface area contributed by atoms with Crippen LogP contribution in [0.15, 0.2) is 241 Å². The lowest BCUT2D eigenvalue weighted by Crippen LogP contribution is -2.28. The van der Waals surface area contributed by atoms with Crippen LogP contribution in [0.1, 0.15) is 22.3 Å². The van der Waals surface area contributed by atoms with Crippen LogP contribution in [0.2, 0.25) is 0 Å². The molecule has 13 rings (SSSR count). The first-order chi connectivity index (χ1) is 31.7. The lowest BCUT2D eigenvalue weighted by Gasteiger charge is -2.35. The molecule has 0 amide bonds. The summed E-state index contributed by atoms with van der Waals surface area (Å²) >= 11 is 1.87. The van der Waals surface area contributed by atoms with Crippen LogP contribution in [0.4, 0.5) is 17.1 Å². The van der Waals surface area contributed by atoms with E-state index in [1.54, 1.807) is 0 Å². The van der Waals surface area contributed by atoms with Crippen molar-refractivity contribution in [3.63, 3.8) is 0 Å². The molecule has 0 fully saturated rings. The molecule has 0 unspecified atom stereocenters. The highest BCUT2D eigenvalue weighted by Gasteiger charge is 2.46. The van der Waals surface area contributed by atoms with Gasteiger partial charge in [-0.1, -0.05) is 176 Å². The number of furan rings is 1. The third-order valence-corrected chi connectivity index (χ3v) is 14.6. The van der Waals surface area contributed by atoms with Crippen molar-refractivity contribution in [1.29, 1.82) is 0 Å². The van der Waals surface area contributed by atoms with Gasteiger partial charge in [0.2, 0.25) is 0 Å². The number of hydrogen-bond donors (Lipinski definition) is 0. The molecule has 2 heterocycles. The van der Waals surface area contributed by atoms with Crippen LogP contribution in [0.25, 0.3) is 75.5 Å². The minimum Gasteiger partial charge on any atom is -0.456 e. The Hall–Kier alpha value is -7.98. The largest absolute Gasteiger partial charge is 0.456 e. The van der Waals surface area contributed by atoms with Gasteiger partial charge in [-0.2, -0.15) is 0 Å². The van der Waals surface area contributed by atoms with Crippen molar-refractivity contribution in [2.45, 2.75) is 5.41 Å². The minimum atomic E-state index is -0.511. The van der Waals surface area contributed by atoms with Gasteiger partial charge in [0.05, 0.1) is 5.41 Å². The second kappa shape index (κ2) is 14.6. The summed E-state index contributed by atoms with van der Waals surface area (Å²) in [5.41, 5.74) is 17.0. The summed E-state index contributed by atoms with van der Waals surface area (Å²) in [5.74, 6) is 0. The van der Waals surface area contributed by atoms with Crippen molar-refractivity contribution >= 4 is 70.5 Å². The van der Waals surface area contributed by atoms with Crippen molar-refractivity contribution in [2.24, 2.45) is 0 Å². The van der Waals surface area contributed by atoms with Crippen molar-refractivity contribution in [3.8, 4) is 33.4 Å². The highest BCUT2D eigenvalue weighted by molar-refractivity contribution is 7.26. The molecular formula is C61H39NOS. The fourth-order valence-electron chi connectivity index (χ4n) is 10.5. The van der Waals surface area contributed by atoms with Crippen LogP contribution >= 0.6 is 11.3 Å². The van der Waals surface area contributed by atoms with Crippen LogP contribution in [0.3, 0.4) is 0 Å². The van der Waals surface area contributed by atoms with Gasteiger partial charge in [0, 0.05) is 48.0 Å². The summed E-state index contributed by atoms with van der Waals surface area (Å²) in [5, 5.41) is 4.89. The first-order valence-electron chi connectivity index (χ1n) is 21.9. The second-order valence-corrected chi connectivity index (χ2v) is 17.8. The van der Waals surface area contributed by atoms with Gasteiger partial charge in [-0.25, -0.2) is 0 Å². The molecule has 0 radical (unpaired) electrons. The van der Waals surface area contributed by atoms with E-state index in [-0.39, 0.29) is 0 Å². The Balaban J connectivity index is 0.983. The summed E-state index contributed by atoms with van der Waals surface area (Å²) < 4.78 is 8.82. The third kappa shape index (κ3) is 5.58. The molecule has 0 saturated heterocycles. The number of hydrogen-bond acceptors (Lipinski definition) is 3. The highest BCUT2D eigenvalue weighted by Crippen LogP contribution is 2.57. The number of thiophene rings is 1. The van der Waals surface area contributed by atoms with Gasteiger partial charge in [-0.3, -0.25) is 0 Å². The lowest BCUT2D eigenvalue weighted by atomic mass is 9.67. The number of para-hydroxylation sites is 1. The topological polar surface area (TPSA) is 16.4 Å². The van der Waals surface area contributed by atoms with E-state index in [0.29, 0.717) is 0 Å². The van der Waals surface area contributed by atoms with Crippen LogP contribution in [-0.2, 0) is 5.41 Å². The van der Waals surface area contributed by atoms with Crippen LogP contribution in [0.5, 0.6) is 0 Å². The van der Waals surface area contributed by atoms with E-state index in [1.807, 2.05) is 23.5 Å². The average Bonchev–Trinajstić information content (AvgIpc) is 4.03. The maximum atomic E-state index is 6.18. The molecule has 1 aliphatic carbocycles. The summed E-state index contributed by atoms with van der Waals surface area (Å²) in [4.78, 5) is 2.42. The number of rotatable bonds is 7. The number of benzene rings is 10. The Morgan fingerprint density at radius 3 is 1.67 bits per heavy atom. The fourth-order valence-corrected chi connectivity index (χ4v) is 11.7. The van der Waals surface area contributed by atoms with E-state index < -0.39 is 5.41 Å².